The third-order valence-corrected chi connectivity index (χ3v) is 2.67. The molecule has 0 aliphatic rings. The Hall–Kier alpha value is -2.44. The summed E-state index contributed by atoms with van der Waals surface area (Å²) in [7, 11) is 0. The van der Waals surface area contributed by atoms with E-state index in [2.05, 4.69) is 9.97 Å². The zero-order valence-electron chi connectivity index (χ0n) is 11.7. The third-order valence-electron chi connectivity index (χ3n) is 2.67. The van der Waals surface area contributed by atoms with Crippen molar-refractivity contribution in [2.45, 2.75) is 33.3 Å². The first-order valence-corrected chi connectivity index (χ1v) is 6.06. The lowest BCUT2D eigenvalue weighted by molar-refractivity contribution is -0.385. The largest absolute Gasteiger partial charge is 0.454 e. The van der Waals surface area contributed by atoms with Gasteiger partial charge < -0.3 is 9.72 Å². The summed E-state index contributed by atoms with van der Waals surface area (Å²) in [5.74, 6) is -0.547. The highest BCUT2D eigenvalue weighted by atomic mass is 16.6. The molecule has 0 aliphatic carbocycles. The highest BCUT2D eigenvalue weighted by Crippen LogP contribution is 2.25. The van der Waals surface area contributed by atoms with Crippen LogP contribution in [0.1, 0.15) is 37.0 Å². The van der Waals surface area contributed by atoms with E-state index in [1.165, 1.54) is 12.1 Å². The number of aromatic amines is 1. The molecule has 1 heterocycles. The first-order valence-electron chi connectivity index (χ1n) is 6.06. The Morgan fingerprint density at radius 1 is 1.40 bits per heavy atom. The number of nitro groups is 1. The Balaban J connectivity index is 2.47. The minimum absolute atomic E-state index is 0.0280. The Kier molecular flexibility index (Phi) is 3.21. The van der Waals surface area contributed by atoms with Crippen LogP contribution in [0, 0.1) is 17.0 Å². The lowest BCUT2D eigenvalue weighted by atomic mass is 10.1. The van der Waals surface area contributed by atoms with Gasteiger partial charge >= 0.3 is 5.97 Å². The molecule has 1 N–H and O–H groups in total. The number of benzene rings is 1. The minimum Gasteiger partial charge on any atom is -0.454 e. The van der Waals surface area contributed by atoms with Crippen molar-refractivity contribution in [3.63, 3.8) is 0 Å². The van der Waals surface area contributed by atoms with Crippen molar-refractivity contribution in [3.8, 4) is 0 Å². The molecular weight excluding hydrogens is 262 g/mol. The summed E-state index contributed by atoms with van der Waals surface area (Å²) in [6.45, 7) is 6.86. The van der Waals surface area contributed by atoms with E-state index >= 15 is 0 Å². The normalized spacial score (nSPS) is 11.6. The molecule has 7 heteroatoms. The van der Waals surface area contributed by atoms with Crippen LogP contribution in [0.5, 0.6) is 0 Å². The molecule has 0 spiro atoms. The lowest BCUT2D eigenvalue weighted by Gasteiger charge is -2.18. The summed E-state index contributed by atoms with van der Waals surface area (Å²) < 4.78 is 5.20. The van der Waals surface area contributed by atoms with Crippen LogP contribution >= 0.6 is 0 Å². The molecule has 2 rings (SSSR count). The van der Waals surface area contributed by atoms with Crippen LogP contribution < -0.4 is 0 Å². The molecule has 0 unspecified atom stereocenters. The number of aromatic nitrogens is 2. The molecule has 0 aliphatic heterocycles. The Morgan fingerprint density at radius 2 is 2.05 bits per heavy atom. The molecule has 2 aromatic rings. The quantitative estimate of drug-likeness (QED) is 0.517. The van der Waals surface area contributed by atoms with Gasteiger partial charge in [-0.3, -0.25) is 10.1 Å². The summed E-state index contributed by atoms with van der Waals surface area (Å²) in [5, 5.41) is 10.9. The van der Waals surface area contributed by atoms with Crippen molar-refractivity contribution >= 4 is 22.7 Å². The zero-order valence-corrected chi connectivity index (χ0v) is 11.7. The molecule has 0 saturated heterocycles. The summed E-state index contributed by atoms with van der Waals surface area (Å²) >= 11 is 0. The van der Waals surface area contributed by atoms with Gasteiger partial charge in [0.15, 0.2) is 0 Å². The molecule has 0 amide bonds. The van der Waals surface area contributed by atoms with Crippen molar-refractivity contribution in [2.75, 3.05) is 0 Å². The van der Waals surface area contributed by atoms with Crippen molar-refractivity contribution < 1.29 is 14.5 Å². The fourth-order valence-electron chi connectivity index (χ4n) is 1.82. The summed E-state index contributed by atoms with van der Waals surface area (Å²) in [5.41, 5.74) is 0.726. The van der Waals surface area contributed by atoms with Gasteiger partial charge in [-0.15, -0.1) is 0 Å². The fraction of sp³-hybridized carbons (Fsp3) is 0.385. The average molecular weight is 277 g/mol. The van der Waals surface area contributed by atoms with E-state index in [1.807, 2.05) is 0 Å². The zero-order chi connectivity index (χ0) is 15.1. The SMILES string of the molecule is Cc1c([N+](=O)[O-])ccc2[nH]c(C(=O)OC(C)(C)C)nc12. The second-order valence-corrected chi connectivity index (χ2v) is 5.45. The van der Waals surface area contributed by atoms with E-state index in [9.17, 15) is 14.9 Å². The molecule has 0 atom stereocenters. The number of carbonyl (C=O) groups is 1. The van der Waals surface area contributed by atoms with Crippen LogP contribution in [0.3, 0.4) is 0 Å². The highest BCUT2D eigenvalue weighted by Gasteiger charge is 2.22. The standard InChI is InChI=1S/C13H15N3O4/c1-7-9(16(18)19)6-5-8-10(7)15-11(14-8)12(17)20-13(2,3)4/h5-6H,1-4H3,(H,14,15). The molecule has 0 radical (unpaired) electrons. The van der Waals surface area contributed by atoms with Gasteiger partial charge in [-0.2, -0.15) is 0 Å². The van der Waals surface area contributed by atoms with Crippen LogP contribution in [0.15, 0.2) is 12.1 Å². The molecule has 0 saturated carbocycles. The number of imidazole rings is 1. The lowest BCUT2D eigenvalue weighted by Crippen LogP contribution is -2.24. The average Bonchev–Trinajstić information content (AvgIpc) is 2.71. The smallest absolute Gasteiger partial charge is 0.374 e. The first kappa shape index (κ1) is 14.0. The number of fused-ring (bicyclic) bond motifs is 1. The van der Waals surface area contributed by atoms with E-state index in [-0.39, 0.29) is 11.5 Å². The second-order valence-electron chi connectivity index (χ2n) is 5.45. The number of hydrogen-bond donors (Lipinski definition) is 1. The van der Waals surface area contributed by atoms with Crippen molar-refractivity contribution in [2.24, 2.45) is 0 Å². The first-order chi connectivity index (χ1) is 9.19. The maximum Gasteiger partial charge on any atom is 0.374 e. The number of rotatable bonds is 2. The topological polar surface area (TPSA) is 98.1 Å². The number of nitro benzene ring substituents is 1. The van der Waals surface area contributed by atoms with Crippen molar-refractivity contribution in [1.82, 2.24) is 9.97 Å². The van der Waals surface area contributed by atoms with Gasteiger partial charge in [-0.1, -0.05) is 0 Å². The number of hydrogen-bond acceptors (Lipinski definition) is 5. The molecule has 106 valence electrons. The molecule has 0 fully saturated rings. The number of ether oxygens (including phenoxy) is 1. The van der Waals surface area contributed by atoms with Crippen LogP contribution in [-0.2, 0) is 4.74 Å². The predicted octanol–water partition coefficient (Wildman–Crippen LogP) is 2.73. The minimum atomic E-state index is -0.628. The third kappa shape index (κ3) is 2.61. The summed E-state index contributed by atoms with van der Waals surface area (Å²) in [4.78, 5) is 29.2. The Bertz CT molecular complexity index is 697. The van der Waals surface area contributed by atoms with Crippen molar-refractivity contribution in [3.05, 3.63) is 33.6 Å². The van der Waals surface area contributed by atoms with E-state index in [0.717, 1.165) is 0 Å². The van der Waals surface area contributed by atoms with E-state index in [1.54, 1.807) is 27.7 Å². The van der Waals surface area contributed by atoms with Crippen LogP contribution in [-0.4, -0.2) is 26.5 Å². The maximum atomic E-state index is 11.9. The monoisotopic (exact) mass is 277 g/mol. The van der Waals surface area contributed by atoms with Crippen LogP contribution in [0.4, 0.5) is 5.69 Å². The second kappa shape index (κ2) is 4.59. The Morgan fingerprint density at radius 3 is 2.60 bits per heavy atom. The molecule has 0 bridgehead atoms. The van der Waals surface area contributed by atoms with Gasteiger partial charge in [-0.05, 0) is 33.8 Å². The highest BCUT2D eigenvalue weighted by molar-refractivity contribution is 5.92. The molecule has 7 nitrogen and oxygen atoms in total. The Labute approximate surface area is 115 Å². The molecule has 20 heavy (non-hydrogen) atoms. The van der Waals surface area contributed by atoms with Crippen LogP contribution in [0.2, 0.25) is 0 Å². The van der Waals surface area contributed by atoms with E-state index < -0.39 is 16.5 Å². The van der Waals surface area contributed by atoms with Gasteiger partial charge in [-0.25, -0.2) is 9.78 Å². The molecular formula is C13H15N3O4. The van der Waals surface area contributed by atoms with Gasteiger partial charge in [0.05, 0.1) is 21.5 Å². The van der Waals surface area contributed by atoms with Crippen molar-refractivity contribution in [1.29, 1.82) is 0 Å². The number of H-pyrrole nitrogens is 1. The molecule has 1 aromatic heterocycles. The number of nitrogens with zero attached hydrogens (tertiary/aromatic N) is 2. The fourth-order valence-corrected chi connectivity index (χ4v) is 1.82. The van der Waals surface area contributed by atoms with Gasteiger partial charge in [0.1, 0.15) is 5.60 Å². The number of carbonyl (C=O) groups excluding carboxylic acids is 1. The van der Waals surface area contributed by atoms with Gasteiger partial charge in [0.25, 0.3) is 5.69 Å². The van der Waals surface area contributed by atoms with Gasteiger partial charge in [0, 0.05) is 6.07 Å². The number of nitrogens with one attached hydrogen (secondary N) is 1. The van der Waals surface area contributed by atoms with E-state index in [4.69, 9.17) is 4.74 Å². The number of esters is 1. The summed E-state index contributed by atoms with van der Waals surface area (Å²) in [6.07, 6.45) is 0. The van der Waals surface area contributed by atoms with Gasteiger partial charge in [0.2, 0.25) is 5.82 Å². The van der Waals surface area contributed by atoms with E-state index in [0.29, 0.717) is 16.6 Å². The predicted molar refractivity (Wildman–Crippen MR) is 72.7 cm³/mol. The van der Waals surface area contributed by atoms with Crippen LogP contribution in [0.25, 0.3) is 11.0 Å². The summed E-state index contributed by atoms with van der Waals surface area (Å²) in [6, 6.07) is 2.91. The number of aryl methyl sites for hydroxylation is 1. The maximum absolute atomic E-state index is 11.9. The molecule has 1 aromatic carbocycles.